The number of alkyl carbamates (subject to hydrolysis) is 1. The zero-order chi connectivity index (χ0) is 20.9. The van der Waals surface area contributed by atoms with Crippen molar-refractivity contribution in [3.05, 3.63) is 95.1 Å². The van der Waals surface area contributed by atoms with Crippen LogP contribution in [0.5, 0.6) is 11.5 Å². The first-order valence-electron chi connectivity index (χ1n) is 9.54. The summed E-state index contributed by atoms with van der Waals surface area (Å²) in [6, 6.07) is 22.6. The van der Waals surface area contributed by atoms with Crippen molar-refractivity contribution >= 4 is 6.09 Å². The van der Waals surface area contributed by atoms with Crippen molar-refractivity contribution in [3.8, 4) is 23.3 Å². The number of nitrogens with one attached hydrogen (secondary N) is 1. The van der Waals surface area contributed by atoms with Gasteiger partial charge in [0, 0.05) is 5.56 Å². The van der Waals surface area contributed by atoms with Crippen LogP contribution < -0.4 is 14.8 Å². The van der Waals surface area contributed by atoms with Crippen molar-refractivity contribution < 1.29 is 19.0 Å². The van der Waals surface area contributed by atoms with Crippen LogP contribution in [-0.4, -0.2) is 20.3 Å². The summed E-state index contributed by atoms with van der Waals surface area (Å²) in [4.78, 5) is 12.0. The number of cyclic esters (lactones) is 1. The Kier molecular flexibility index (Phi) is 5.58. The van der Waals surface area contributed by atoms with Crippen LogP contribution in [0.4, 0.5) is 4.79 Å². The highest BCUT2D eigenvalue weighted by Gasteiger charge is 2.36. The van der Waals surface area contributed by atoms with Crippen LogP contribution in [-0.2, 0) is 4.74 Å². The van der Waals surface area contributed by atoms with E-state index in [1.165, 1.54) is 0 Å². The highest BCUT2D eigenvalue weighted by Crippen LogP contribution is 2.37. The molecule has 1 amide bonds. The van der Waals surface area contributed by atoms with E-state index >= 15 is 0 Å². The maximum Gasteiger partial charge on any atom is 0.408 e. The fourth-order valence-corrected chi connectivity index (χ4v) is 3.45. The molecule has 1 aliphatic heterocycles. The molecular weight excluding hydrogens is 378 g/mol. The fourth-order valence-electron chi connectivity index (χ4n) is 3.45. The van der Waals surface area contributed by atoms with E-state index in [1.54, 1.807) is 14.2 Å². The van der Waals surface area contributed by atoms with Gasteiger partial charge in [0.2, 0.25) is 0 Å². The predicted octanol–water partition coefficient (Wildman–Crippen LogP) is 4.63. The van der Waals surface area contributed by atoms with Crippen molar-refractivity contribution in [1.29, 1.82) is 0 Å². The van der Waals surface area contributed by atoms with Crippen molar-refractivity contribution in [2.45, 2.75) is 12.1 Å². The quantitative estimate of drug-likeness (QED) is 0.650. The summed E-state index contributed by atoms with van der Waals surface area (Å²) in [5.74, 6) is 7.78. The molecule has 0 unspecified atom stereocenters. The van der Waals surface area contributed by atoms with E-state index < -0.39 is 12.2 Å². The van der Waals surface area contributed by atoms with Crippen LogP contribution in [0.15, 0.2) is 72.8 Å². The number of ether oxygens (including phenoxy) is 3. The Balaban J connectivity index is 1.64. The number of amides is 1. The van der Waals surface area contributed by atoms with E-state index in [0.29, 0.717) is 5.75 Å². The standard InChI is InChI=1S/C25H21NO4/c1-28-21-11-6-10-20(16-21)24-23(26-25(27)30-24)19-9-5-7-17(15-19)13-14-18-8-3-4-12-22(18)29-2/h3-12,15-16,23-24H,1-2H3,(H,26,27)/t23-,24-/m1/s1. The van der Waals surface area contributed by atoms with E-state index in [-0.39, 0.29) is 6.04 Å². The largest absolute Gasteiger partial charge is 0.497 e. The minimum absolute atomic E-state index is 0.322. The van der Waals surface area contributed by atoms with Gasteiger partial charge in [0.1, 0.15) is 11.5 Å². The molecule has 0 aliphatic carbocycles. The second-order valence-electron chi connectivity index (χ2n) is 6.80. The van der Waals surface area contributed by atoms with Crippen LogP contribution in [0.2, 0.25) is 0 Å². The molecule has 3 aromatic rings. The monoisotopic (exact) mass is 399 g/mol. The summed E-state index contributed by atoms with van der Waals surface area (Å²) in [6.45, 7) is 0. The lowest BCUT2D eigenvalue weighted by molar-refractivity contribution is 0.132. The Morgan fingerprint density at radius 1 is 0.867 bits per heavy atom. The van der Waals surface area contributed by atoms with E-state index in [4.69, 9.17) is 14.2 Å². The van der Waals surface area contributed by atoms with Gasteiger partial charge in [0.25, 0.3) is 0 Å². The van der Waals surface area contributed by atoms with Crippen LogP contribution in [0.3, 0.4) is 0 Å². The Bertz CT molecular complexity index is 1130. The summed E-state index contributed by atoms with van der Waals surface area (Å²) >= 11 is 0. The van der Waals surface area contributed by atoms with E-state index in [0.717, 1.165) is 28.0 Å². The van der Waals surface area contributed by atoms with Crippen LogP contribution >= 0.6 is 0 Å². The van der Waals surface area contributed by atoms with Gasteiger partial charge in [-0.1, -0.05) is 48.2 Å². The van der Waals surface area contributed by atoms with Crippen LogP contribution in [0, 0.1) is 11.8 Å². The topological polar surface area (TPSA) is 56.8 Å². The van der Waals surface area contributed by atoms with Gasteiger partial charge in [-0.15, -0.1) is 0 Å². The molecule has 2 atom stereocenters. The van der Waals surface area contributed by atoms with Crippen molar-refractivity contribution in [1.82, 2.24) is 5.32 Å². The zero-order valence-electron chi connectivity index (χ0n) is 16.7. The summed E-state index contributed by atoms with van der Waals surface area (Å²) < 4.78 is 16.2. The minimum Gasteiger partial charge on any atom is -0.497 e. The van der Waals surface area contributed by atoms with Gasteiger partial charge >= 0.3 is 6.09 Å². The number of methoxy groups -OCH3 is 2. The first-order chi connectivity index (χ1) is 14.7. The molecule has 1 aliphatic rings. The first-order valence-corrected chi connectivity index (χ1v) is 9.54. The molecule has 1 saturated heterocycles. The smallest absolute Gasteiger partial charge is 0.408 e. The summed E-state index contributed by atoms with van der Waals surface area (Å²) in [5, 5.41) is 2.91. The number of para-hydroxylation sites is 1. The van der Waals surface area contributed by atoms with Crippen molar-refractivity contribution in [2.75, 3.05) is 14.2 Å². The molecule has 1 heterocycles. The van der Waals surface area contributed by atoms with Crippen LogP contribution in [0.1, 0.15) is 34.4 Å². The number of benzene rings is 3. The number of carbonyl (C=O) groups excluding carboxylic acids is 1. The molecule has 0 aromatic heterocycles. The summed E-state index contributed by atoms with van der Waals surface area (Å²) in [5.41, 5.74) is 3.44. The molecule has 5 heteroatoms. The average Bonchev–Trinajstić information content (AvgIpc) is 3.20. The first kappa shape index (κ1) is 19.4. The number of hydrogen-bond acceptors (Lipinski definition) is 4. The van der Waals surface area contributed by atoms with Crippen LogP contribution in [0.25, 0.3) is 0 Å². The van der Waals surface area contributed by atoms with Gasteiger partial charge in [-0.2, -0.15) is 0 Å². The second-order valence-corrected chi connectivity index (χ2v) is 6.80. The highest BCUT2D eigenvalue weighted by atomic mass is 16.6. The number of hydrogen-bond donors (Lipinski definition) is 1. The second kappa shape index (κ2) is 8.62. The van der Waals surface area contributed by atoms with E-state index in [9.17, 15) is 4.79 Å². The lowest BCUT2D eigenvalue weighted by atomic mass is 9.95. The molecule has 30 heavy (non-hydrogen) atoms. The summed E-state index contributed by atoms with van der Waals surface area (Å²) in [6.07, 6.45) is -0.900. The molecule has 5 nitrogen and oxygen atoms in total. The molecule has 0 saturated carbocycles. The predicted molar refractivity (Wildman–Crippen MR) is 114 cm³/mol. The number of rotatable bonds is 4. The fraction of sp³-hybridized carbons (Fsp3) is 0.160. The molecule has 0 bridgehead atoms. The van der Waals surface area contributed by atoms with E-state index in [2.05, 4.69) is 17.2 Å². The molecule has 4 rings (SSSR count). The molecule has 1 fully saturated rings. The van der Waals surface area contributed by atoms with Gasteiger partial charge in [-0.05, 0) is 47.5 Å². The van der Waals surface area contributed by atoms with Gasteiger partial charge in [-0.25, -0.2) is 4.79 Å². The maximum atomic E-state index is 12.0. The third kappa shape index (κ3) is 4.08. The van der Waals surface area contributed by atoms with Gasteiger partial charge in [0.05, 0.1) is 25.8 Å². The highest BCUT2D eigenvalue weighted by molar-refractivity contribution is 5.71. The molecule has 1 N–H and O–H groups in total. The van der Waals surface area contributed by atoms with Crippen molar-refractivity contribution in [2.24, 2.45) is 0 Å². The third-order valence-electron chi connectivity index (χ3n) is 4.93. The lowest BCUT2D eigenvalue weighted by Gasteiger charge is -2.18. The molecule has 3 aromatic carbocycles. The Morgan fingerprint density at radius 3 is 2.50 bits per heavy atom. The molecule has 0 radical (unpaired) electrons. The SMILES string of the molecule is COc1cccc([C@H]2OC(=O)N[C@@H]2c2cccc(C#Cc3ccccc3OC)c2)c1. The lowest BCUT2D eigenvalue weighted by Crippen LogP contribution is -2.19. The van der Waals surface area contributed by atoms with Crippen molar-refractivity contribution in [3.63, 3.8) is 0 Å². The molecule has 0 spiro atoms. The molecular formula is C25H21NO4. The maximum absolute atomic E-state index is 12.0. The normalized spacial score (nSPS) is 17.3. The Labute approximate surface area is 175 Å². The van der Waals surface area contributed by atoms with Gasteiger partial charge < -0.3 is 19.5 Å². The zero-order valence-corrected chi connectivity index (χ0v) is 16.7. The van der Waals surface area contributed by atoms with Gasteiger partial charge in [0.15, 0.2) is 6.10 Å². The Hall–Kier alpha value is -3.91. The number of carbonyl (C=O) groups is 1. The minimum atomic E-state index is -0.454. The average molecular weight is 399 g/mol. The molecule has 150 valence electrons. The third-order valence-corrected chi connectivity index (χ3v) is 4.93. The summed E-state index contributed by atoms with van der Waals surface area (Å²) in [7, 11) is 3.24. The Morgan fingerprint density at radius 2 is 1.67 bits per heavy atom. The van der Waals surface area contributed by atoms with Gasteiger partial charge in [-0.3, -0.25) is 0 Å². The van der Waals surface area contributed by atoms with E-state index in [1.807, 2.05) is 72.8 Å².